The summed E-state index contributed by atoms with van der Waals surface area (Å²) in [5.74, 6) is 0. The summed E-state index contributed by atoms with van der Waals surface area (Å²) >= 11 is 0. The van der Waals surface area contributed by atoms with Gasteiger partial charge in [-0.05, 0) is 12.8 Å². The Bertz CT molecular complexity index is 977. The Morgan fingerprint density at radius 2 is 0.964 bits per heavy atom. The largest absolute Gasteiger partial charge is 0.242 e. The van der Waals surface area contributed by atoms with Crippen molar-refractivity contribution in [3.05, 3.63) is 60.7 Å². The third-order valence-corrected chi connectivity index (χ3v) is 5.28. The van der Waals surface area contributed by atoms with E-state index in [2.05, 4.69) is 44.9 Å². The summed E-state index contributed by atoms with van der Waals surface area (Å²) in [4.78, 5) is 0. The lowest BCUT2D eigenvalue weighted by Gasteiger charge is -2.14. The van der Waals surface area contributed by atoms with Crippen LogP contribution in [0.15, 0.2) is 60.7 Å². The molecular formula is C22H22N6. The van der Waals surface area contributed by atoms with Crippen molar-refractivity contribution in [2.24, 2.45) is 0 Å². The highest BCUT2D eigenvalue weighted by molar-refractivity contribution is 5.84. The summed E-state index contributed by atoms with van der Waals surface area (Å²) in [7, 11) is 0. The first-order valence-corrected chi connectivity index (χ1v) is 9.90. The molecule has 0 fully saturated rings. The molecule has 0 radical (unpaired) electrons. The number of aromatic nitrogens is 6. The van der Waals surface area contributed by atoms with Gasteiger partial charge in [-0.3, -0.25) is 0 Å². The van der Waals surface area contributed by atoms with E-state index >= 15 is 0 Å². The van der Waals surface area contributed by atoms with E-state index < -0.39 is 0 Å². The molecule has 6 heteroatoms. The molecule has 0 spiro atoms. The van der Waals surface area contributed by atoms with Gasteiger partial charge >= 0.3 is 0 Å². The summed E-state index contributed by atoms with van der Waals surface area (Å²) in [6, 6.07) is 20.5. The Hall–Kier alpha value is -3.28. The number of nitrogens with zero attached hydrogens (tertiary/aromatic N) is 6. The summed E-state index contributed by atoms with van der Waals surface area (Å²) < 4.78 is 4.07. The molecule has 0 bridgehead atoms. The average molecular weight is 370 g/mol. The van der Waals surface area contributed by atoms with Gasteiger partial charge in [0.2, 0.25) is 0 Å². The molecule has 2 aromatic heterocycles. The van der Waals surface area contributed by atoms with Crippen LogP contribution in [-0.4, -0.2) is 30.0 Å². The van der Waals surface area contributed by atoms with E-state index in [1.807, 2.05) is 45.8 Å². The van der Waals surface area contributed by atoms with Gasteiger partial charge in [0.15, 0.2) is 0 Å². The highest BCUT2D eigenvalue weighted by atomic mass is 15.5. The fraction of sp³-hybridized carbons (Fsp3) is 0.273. The molecule has 140 valence electrons. The fourth-order valence-corrected chi connectivity index (χ4v) is 3.87. The lowest BCUT2D eigenvalue weighted by molar-refractivity contribution is 0.480. The molecule has 0 N–H and O–H groups in total. The Balaban J connectivity index is 1.77. The van der Waals surface area contributed by atoms with E-state index in [4.69, 9.17) is 0 Å². The average Bonchev–Trinajstić information content (AvgIpc) is 3.36. The van der Waals surface area contributed by atoms with E-state index in [0.29, 0.717) is 0 Å². The lowest BCUT2D eigenvalue weighted by atomic mass is 10.0. The van der Waals surface area contributed by atoms with Gasteiger partial charge in [0, 0.05) is 24.2 Å². The van der Waals surface area contributed by atoms with E-state index in [9.17, 15) is 0 Å². The number of aryl methyl sites for hydroxylation is 2. The van der Waals surface area contributed by atoms with Gasteiger partial charge < -0.3 is 0 Å². The van der Waals surface area contributed by atoms with Crippen molar-refractivity contribution in [2.45, 2.75) is 38.8 Å². The monoisotopic (exact) mass is 370 g/mol. The second-order valence-corrected chi connectivity index (χ2v) is 7.17. The normalized spacial score (nSPS) is 14.3. The van der Waals surface area contributed by atoms with Crippen LogP contribution in [-0.2, 0) is 13.1 Å². The Labute approximate surface area is 163 Å². The van der Waals surface area contributed by atoms with Crippen molar-refractivity contribution in [3.63, 3.8) is 0 Å². The Kier molecular flexibility index (Phi) is 4.45. The van der Waals surface area contributed by atoms with Gasteiger partial charge in [-0.2, -0.15) is 0 Å². The van der Waals surface area contributed by atoms with E-state index in [0.717, 1.165) is 59.8 Å². The topological polar surface area (TPSA) is 61.4 Å². The van der Waals surface area contributed by atoms with Crippen molar-refractivity contribution in [1.29, 1.82) is 0 Å². The fourth-order valence-electron chi connectivity index (χ4n) is 3.87. The van der Waals surface area contributed by atoms with Gasteiger partial charge in [0.25, 0.3) is 0 Å². The van der Waals surface area contributed by atoms with E-state index in [1.54, 1.807) is 0 Å². The zero-order valence-corrected chi connectivity index (χ0v) is 15.7. The molecule has 0 amide bonds. The van der Waals surface area contributed by atoms with Crippen LogP contribution in [0.3, 0.4) is 0 Å². The SMILES string of the molecule is c1ccc(-c2nnn3c2-c2c(-c4ccccc4)nnn2CCCCCC3)cc1. The number of hydrogen-bond acceptors (Lipinski definition) is 4. The lowest BCUT2D eigenvalue weighted by Crippen LogP contribution is -2.10. The van der Waals surface area contributed by atoms with Crippen molar-refractivity contribution in [2.75, 3.05) is 0 Å². The molecule has 0 saturated heterocycles. The van der Waals surface area contributed by atoms with Crippen molar-refractivity contribution in [1.82, 2.24) is 30.0 Å². The highest BCUT2D eigenvalue weighted by Gasteiger charge is 2.26. The molecule has 4 aromatic rings. The van der Waals surface area contributed by atoms with Crippen LogP contribution < -0.4 is 0 Å². The minimum Gasteiger partial charge on any atom is -0.242 e. The van der Waals surface area contributed by atoms with Gasteiger partial charge in [0.05, 0.1) is 0 Å². The van der Waals surface area contributed by atoms with Crippen LogP contribution in [0.1, 0.15) is 25.7 Å². The zero-order valence-electron chi connectivity index (χ0n) is 15.7. The predicted octanol–water partition coefficient (Wildman–Crippen LogP) is 4.44. The smallest absolute Gasteiger partial charge is 0.122 e. The quantitative estimate of drug-likeness (QED) is 0.523. The van der Waals surface area contributed by atoms with Gasteiger partial charge in [-0.1, -0.05) is 83.9 Å². The molecule has 0 atom stereocenters. The third-order valence-electron chi connectivity index (χ3n) is 5.28. The van der Waals surface area contributed by atoms with Crippen molar-refractivity contribution in [3.8, 4) is 33.9 Å². The van der Waals surface area contributed by atoms with Crippen LogP contribution in [0, 0.1) is 0 Å². The van der Waals surface area contributed by atoms with Crippen LogP contribution in [0.25, 0.3) is 33.9 Å². The number of rotatable bonds is 2. The minimum absolute atomic E-state index is 0.856. The molecule has 1 aliphatic rings. The maximum absolute atomic E-state index is 4.57. The standard InChI is InChI=1S/C22H22N6/c1-2-10-16-28-22(20(24-26-28)18-13-7-4-8-14-18)21-19(17-11-5-3-6-12-17)23-25-27(21)15-9-1/h3-8,11-14H,1-2,9-10,15-16H2. The number of fused-ring (bicyclic) bond motifs is 3. The molecule has 5 rings (SSSR count). The Morgan fingerprint density at radius 1 is 0.536 bits per heavy atom. The summed E-state index contributed by atoms with van der Waals surface area (Å²) in [5.41, 5.74) is 5.93. The molecule has 1 aliphatic heterocycles. The molecule has 3 heterocycles. The molecule has 6 nitrogen and oxygen atoms in total. The minimum atomic E-state index is 0.856. The second kappa shape index (κ2) is 7.38. The summed E-state index contributed by atoms with van der Waals surface area (Å²) in [6.45, 7) is 1.71. The maximum atomic E-state index is 4.57. The first-order chi connectivity index (χ1) is 13.9. The third kappa shape index (κ3) is 3.01. The van der Waals surface area contributed by atoms with Gasteiger partial charge in [-0.25, -0.2) is 9.36 Å². The highest BCUT2D eigenvalue weighted by Crippen LogP contribution is 2.36. The first-order valence-electron chi connectivity index (χ1n) is 9.90. The molecule has 0 saturated carbocycles. The van der Waals surface area contributed by atoms with Crippen LogP contribution in [0.2, 0.25) is 0 Å². The second-order valence-electron chi connectivity index (χ2n) is 7.17. The molecule has 0 aliphatic carbocycles. The van der Waals surface area contributed by atoms with Crippen LogP contribution >= 0.6 is 0 Å². The van der Waals surface area contributed by atoms with Crippen LogP contribution in [0.5, 0.6) is 0 Å². The summed E-state index contributed by atoms with van der Waals surface area (Å²) in [6.07, 6.45) is 4.59. The van der Waals surface area contributed by atoms with Gasteiger partial charge in [0.1, 0.15) is 22.8 Å². The van der Waals surface area contributed by atoms with Gasteiger partial charge in [-0.15, -0.1) is 10.2 Å². The molecule has 28 heavy (non-hydrogen) atoms. The Morgan fingerprint density at radius 3 is 1.39 bits per heavy atom. The van der Waals surface area contributed by atoms with E-state index in [1.165, 1.54) is 12.8 Å². The van der Waals surface area contributed by atoms with Crippen molar-refractivity contribution < 1.29 is 0 Å². The van der Waals surface area contributed by atoms with E-state index in [-0.39, 0.29) is 0 Å². The predicted molar refractivity (Wildman–Crippen MR) is 108 cm³/mol. The van der Waals surface area contributed by atoms with Crippen LogP contribution in [0.4, 0.5) is 0 Å². The first kappa shape index (κ1) is 16.9. The molecular weight excluding hydrogens is 348 g/mol. The molecule has 2 aromatic carbocycles. The summed E-state index contributed by atoms with van der Waals surface area (Å²) in [5, 5.41) is 18.2. The maximum Gasteiger partial charge on any atom is 0.122 e. The molecule has 0 unspecified atom stereocenters. The number of hydrogen-bond donors (Lipinski definition) is 0. The van der Waals surface area contributed by atoms with Crippen molar-refractivity contribution >= 4 is 0 Å². The zero-order chi connectivity index (χ0) is 18.8. The number of benzene rings is 2.